The molecule has 110 valence electrons. The minimum atomic E-state index is -0.424. The highest BCUT2D eigenvalue weighted by molar-refractivity contribution is 5.95. The van der Waals surface area contributed by atoms with Crippen molar-refractivity contribution in [1.29, 1.82) is 0 Å². The molecule has 1 aliphatic rings. The number of anilines is 2. The molecule has 0 bridgehead atoms. The molecule has 2 N–H and O–H groups in total. The van der Waals surface area contributed by atoms with Gasteiger partial charge in [0.15, 0.2) is 0 Å². The van der Waals surface area contributed by atoms with E-state index in [1.165, 1.54) is 7.11 Å². The number of nitrogen functional groups attached to an aromatic ring is 1. The molecule has 0 amide bonds. The summed E-state index contributed by atoms with van der Waals surface area (Å²) in [5, 5.41) is 0. The lowest BCUT2D eigenvalue weighted by Gasteiger charge is -2.37. The molecule has 2 rings (SSSR count). The number of ether oxygens (including phenoxy) is 2. The molecular weight excluding hydrogens is 258 g/mol. The van der Waals surface area contributed by atoms with Crippen LogP contribution in [0.4, 0.5) is 11.5 Å². The van der Waals surface area contributed by atoms with E-state index in [4.69, 9.17) is 15.2 Å². The van der Waals surface area contributed by atoms with E-state index in [9.17, 15) is 4.79 Å². The predicted octanol–water partition coefficient (Wildman–Crippen LogP) is 1.31. The fourth-order valence-corrected chi connectivity index (χ4v) is 2.52. The van der Waals surface area contributed by atoms with Gasteiger partial charge >= 0.3 is 5.97 Å². The van der Waals surface area contributed by atoms with Gasteiger partial charge in [0.2, 0.25) is 0 Å². The number of carbonyl (C=O) groups excluding carboxylic acids is 1. The van der Waals surface area contributed by atoms with Crippen LogP contribution in [0.3, 0.4) is 0 Å². The van der Waals surface area contributed by atoms with E-state index in [1.807, 2.05) is 0 Å². The third kappa shape index (κ3) is 2.85. The summed E-state index contributed by atoms with van der Waals surface area (Å²) in [7, 11) is 3.06. The molecule has 0 aliphatic carbocycles. The van der Waals surface area contributed by atoms with Crippen LogP contribution in [-0.4, -0.2) is 44.4 Å². The van der Waals surface area contributed by atoms with Crippen LogP contribution in [0.2, 0.25) is 0 Å². The van der Waals surface area contributed by atoms with Crippen molar-refractivity contribution in [3.05, 3.63) is 17.8 Å². The molecule has 0 aromatic carbocycles. The zero-order valence-corrected chi connectivity index (χ0v) is 12.1. The molecule has 0 saturated carbocycles. The van der Waals surface area contributed by atoms with E-state index in [0.717, 1.165) is 13.0 Å². The highest BCUT2D eigenvalue weighted by Crippen LogP contribution is 2.27. The third-order valence-corrected chi connectivity index (χ3v) is 3.78. The van der Waals surface area contributed by atoms with Crippen molar-refractivity contribution < 1.29 is 14.3 Å². The number of rotatable bonds is 3. The SMILES string of the molecule is COC(=O)c1cc(N)cnc1N1CCC(C)C(OC)C1. The first-order valence-corrected chi connectivity index (χ1v) is 6.68. The first kappa shape index (κ1) is 14.6. The van der Waals surface area contributed by atoms with Crippen molar-refractivity contribution in [1.82, 2.24) is 4.98 Å². The van der Waals surface area contributed by atoms with E-state index >= 15 is 0 Å². The standard InChI is InChI=1S/C14H21N3O3/c1-9-4-5-17(8-12(9)19-2)13-11(14(18)20-3)6-10(15)7-16-13/h6-7,9,12H,4-5,8,15H2,1-3H3. The lowest BCUT2D eigenvalue weighted by atomic mass is 9.95. The van der Waals surface area contributed by atoms with Gasteiger partial charge < -0.3 is 20.1 Å². The van der Waals surface area contributed by atoms with E-state index in [-0.39, 0.29) is 6.10 Å². The molecule has 0 radical (unpaired) electrons. The molecule has 2 atom stereocenters. The first-order valence-electron chi connectivity index (χ1n) is 6.68. The number of nitrogens with zero attached hydrogens (tertiary/aromatic N) is 2. The smallest absolute Gasteiger partial charge is 0.341 e. The average Bonchev–Trinajstić information content (AvgIpc) is 2.47. The Balaban J connectivity index is 2.30. The van der Waals surface area contributed by atoms with Gasteiger partial charge in [-0.1, -0.05) is 6.92 Å². The first-order chi connectivity index (χ1) is 9.56. The maximum atomic E-state index is 11.9. The Morgan fingerprint density at radius 3 is 2.90 bits per heavy atom. The minimum Gasteiger partial charge on any atom is -0.465 e. The van der Waals surface area contributed by atoms with Crippen LogP contribution in [0, 0.1) is 5.92 Å². The van der Waals surface area contributed by atoms with Crippen molar-refractivity contribution in [3.8, 4) is 0 Å². The number of carbonyl (C=O) groups is 1. The van der Waals surface area contributed by atoms with Gasteiger partial charge in [-0.3, -0.25) is 0 Å². The van der Waals surface area contributed by atoms with E-state index < -0.39 is 5.97 Å². The van der Waals surface area contributed by atoms with Crippen LogP contribution < -0.4 is 10.6 Å². The molecule has 1 saturated heterocycles. The van der Waals surface area contributed by atoms with Crippen molar-refractivity contribution in [2.45, 2.75) is 19.4 Å². The van der Waals surface area contributed by atoms with Gasteiger partial charge in [0.1, 0.15) is 11.4 Å². The number of hydrogen-bond donors (Lipinski definition) is 1. The number of hydrogen-bond acceptors (Lipinski definition) is 6. The Kier molecular flexibility index (Phi) is 4.44. The van der Waals surface area contributed by atoms with Crippen molar-refractivity contribution >= 4 is 17.5 Å². The fourth-order valence-electron chi connectivity index (χ4n) is 2.52. The van der Waals surface area contributed by atoms with Gasteiger partial charge in [-0.25, -0.2) is 9.78 Å². The molecule has 20 heavy (non-hydrogen) atoms. The van der Waals surface area contributed by atoms with Gasteiger partial charge in [-0.15, -0.1) is 0 Å². The quantitative estimate of drug-likeness (QED) is 0.841. The van der Waals surface area contributed by atoms with Crippen LogP contribution in [0.1, 0.15) is 23.7 Å². The van der Waals surface area contributed by atoms with E-state index in [2.05, 4.69) is 16.8 Å². The van der Waals surface area contributed by atoms with Crippen LogP contribution in [0.5, 0.6) is 0 Å². The molecule has 6 nitrogen and oxygen atoms in total. The van der Waals surface area contributed by atoms with Gasteiger partial charge in [-0.2, -0.15) is 0 Å². The Morgan fingerprint density at radius 2 is 2.25 bits per heavy atom. The summed E-state index contributed by atoms with van der Waals surface area (Å²) in [5.41, 5.74) is 6.56. The lowest BCUT2D eigenvalue weighted by Crippen LogP contribution is -2.44. The Labute approximate surface area is 118 Å². The van der Waals surface area contributed by atoms with Gasteiger partial charge in [0.05, 0.1) is 25.1 Å². The molecule has 2 unspecified atom stereocenters. The number of pyridine rings is 1. The van der Waals surface area contributed by atoms with Crippen molar-refractivity contribution in [2.24, 2.45) is 5.92 Å². The molecule has 1 aliphatic heterocycles. The summed E-state index contributed by atoms with van der Waals surface area (Å²) in [6.07, 6.45) is 2.68. The van der Waals surface area contributed by atoms with E-state index in [1.54, 1.807) is 19.4 Å². The summed E-state index contributed by atoms with van der Waals surface area (Å²) in [6.45, 7) is 3.71. The van der Waals surface area contributed by atoms with E-state index in [0.29, 0.717) is 29.5 Å². The molecule has 1 fully saturated rings. The number of aromatic nitrogens is 1. The Morgan fingerprint density at radius 1 is 1.50 bits per heavy atom. The molecule has 6 heteroatoms. The number of methoxy groups -OCH3 is 2. The average molecular weight is 279 g/mol. The number of nitrogens with two attached hydrogens (primary N) is 1. The van der Waals surface area contributed by atoms with Crippen LogP contribution >= 0.6 is 0 Å². The topological polar surface area (TPSA) is 77.7 Å². The molecule has 2 heterocycles. The predicted molar refractivity (Wildman–Crippen MR) is 76.8 cm³/mol. The van der Waals surface area contributed by atoms with Gasteiger partial charge in [0.25, 0.3) is 0 Å². The van der Waals surface area contributed by atoms with Crippen LogP contribution in [-0.2, 0) is 9.47 Å². The van der Waals surface area contributed by atoms with Gasteiger partial charge in [0, 0.05) is 20.2 Å². The molecular formula is C14H21N3O3. The van der Waals surface area contributed by atoms with Crippen molar-refractivity contribution in [3.63, 3.8) is 0 Å². The highest BCUT2D eigenvalue weighted by Gasteiger charge is 2.29. The Hall–Kier alpha value is -1.82. The summed E-state index contributed by atoms with van der Waals surface area (Å²) in [5.74, 6) is 0.680. The largest absolute Gasteiger partial charge is 0.465 e. The Bertz CT molecular complexity index is 493. The monoisotopic (exact) mass is 279 g/mol. The zero-order valence-electron chi connectivity index (χ0n) is 12.1. The summed E-state index contributed by atoms with van der Waals surface area (Å²) >= 11 is 0. The molecule has 1 aromatic rings. The maximum Gasteiger partial charge on any atom is 0.341 e. The maximum absolute atomic E-state index is 11.9. The zero-order chi connectivity index (χ0) is 14.7. The number of piperidine rings is 1. The second-order valence-electron chi connectivity index (χ2n) is 5.12. The summed E-state index contributed by atoms with van der Waals surface area (Å²) in [6, 6.07) is 1.61. The summed E-state index contributed by atoms with van der Waals surface area (Å²) < 4.78 is 10.3. The van der Waals surface area contributed by atoms with Crippen LogP contribution in [0.15, 0.2) is 12.3 Å². The molecule has 0 spiro atoms. The number of esters is 1. The minimum absolute atomic E-state index is 0.133. The third-order valence-electron chi connectivity index (χ3n) is 3.78. The van der Waals surface area contributed by atoms with Crippen LogP contribution in [0.25, 0.3) is 0 Å². The summed E-state index contributed by atoms with van der Waals surface area (Å²) in [4.78, 5) is 18.2. The van der Waals surface area contributed by atoms with Crippen molar-refractivity contribution in [2.75, 3.05) is 37.9 Å². The second-order valence-corrected chi connectivity index (χ2v) is 5.12. The van der Waals surface area contributed by atoms with Gasteiger partial charge in [-0.05, 0) is 18.4 Å². The highest BCUT2D eigenvalue weighted by atomic mass is 16.5. The second kappa shape index (κ2) is 6.09. The fraction of sp³-hybridized carbons (Fsp3) is 0.571. The lowest BCUT2D eigenvalue weighted by molar-refractivity contribution is 0.0492. The normalized spacial score (nSPS) is 22.6. The molecule has 1 aromatic heterocycles.